The van der Waals surface area contributed by atoms with Crippen LogP contribution in [-0.4, -0.2) is 23.0 Å². The molecule has 0 bridgehead atoms. The smallest absolute Gasteiger partial charge is 0.416 e. The normalized spacial score (nSPS) is 12.4. The molecule has 0 fully saturated rings. The molecule has 2 aromatic carbocycles. The van der Waals surface area contributed by atoms with E-state index in [1.165, 1.54) is 12.1 Å². The molecule has 7 heteroatoms. The average Bonchev–Trinajstić information content (AvgIpc) is 2.53. The van der Waals surface area contributed by atoms with Crippen molar-refractivity contribution >= 4 is 11.9 Å². The van der Waals surface area contributed by atoms with Gasteiger partial charge in [-0.3, -0.25) is 9.59 Å². The highest BCUT2D eigenvalue weighted by atomic mass is 19.4. The van der Waals surface area contributed by atoms with Crippen molar-refractivity contribution < 1.29 is 27.9 Å². The third-order valence-corrected chi connectivity index (χ3v) is 4.00. The summed E-state index contributed by atoms with van der Waals surface area (Å²) in [6.07, 6.45) is -4.52. The molecular weight excluding hydrogens is 359 g/mol. The van der Waals surface area contributed by atoms with E-state index in [2.05, 4.69) is 5.32 Å². The summed E-state index contributed by atoms with van der Waals surface area (Å²) in [6.45, 7) is 1.90. The van der Waals surface area contributed by atoms with Crippen LogP contribution in [0.2, 0.25) is 0 Å². The molecule has 1 amide bonds. The number of carbonyl (C=O) groups excluding carboxylic acids is 1. The van der Waals surface area contributed by atoms with Gasteiger partial charge in [0.25, 0.3) is 0 Å². The van der Waals surface area contributed by atoms with E-state index in [0.717, 1.165) is 23.3 Å². The lowest BCUT2D eigenvalue weighted by atomic mass is 10.0. The maximum atomic E-state index is 12.6. The summed E-state index contributed by atoms with van der Waals surface area (Å²) in [7, 11) is 0. The van der Waals surface area contributed by atoms with Crippen molar-refractivity contribution in [3.8, 4) is 0 Å². The van der Waals surface area contributed by atoms with Crippen LogP contribution >= 0.6 is 0 Å². The molecule has 144 valence electrons. The fourth-order valence-corrected chi connectivity index (χ4v) is 2.79. The van der Waals surface area contributed by atoms with Gasteiger partial charge >= 0.3 is 12.1 Å². The van der Waals surface area contributed by atoms with Crippen LogP contribution in [0.15, 0.2) is 48.5 Å². The van der Waals surface area contributed by atoms with Crippen molar-refractivity contribution in [2.45, 2.75) is 38.4 Å². The first-order valence-corrected chi connectivity index (χ1v) is 8.36. The fraction of sp³-hybridized carbons (Fsp3) is 0.300. The molecule has 0 spiro atoms. The van der Waals surface area contributed by atoms with Gasteiger partial charge in [0, 0.05) is 6.04 Å². The van der Waals surface area contributed by atoms with Gasteiger partial charge in [0.2, 0.25) is 5.91 Å². The molecule has 0 saturated carbocycles. The van der Waals surface area contributed by atoms with E-state index in [-0.39, 0.29) is 25.2 Å². The number of nitrogens with one attached hydrogen (secondary N) is 1. The van der Waals surface area contributed by atoms with Crippen molar-refractivity contribution in [3.63, 3.8) is 0 Å². The number of aryl methyl sites for hydroxylation is 1. The first-order chi connectivity index (χ1) is 12.6. The zero-order valence-corrected chi connectivity index (χ0v) is 14.7. The Bertz CT molecular complexity index is 801. The van der Waals surface area contributed by atoms with Crippen LogP contribution in [0.3, 0.4) is 0 Å². The number of hydrogen-bond acceptors (Lipinski definition) is 2. The van der Waals surface area contributed by atoms with Crippen LogP contribution in [-0.2, 0) is 28.6 Å². The monoisotopic (exact) mass is 379 g/mol. The summed E-state index contributed by atoms with van der Waals surface area (Å²) in [5.41, 5.74) is 1.55. The highest BCUT2D eigenvalue weighted by Gasteiger charge is 2.30. The minimum Gasteiger partial charge on any atom is -0.481 e. The second kappa shape index (κ2) is 8.70. The molecule has 0 aliphatic rings. The van der Waals surface area contributed by atoms with Crippen LogP contribution in [0.5, 0.6) is 0 Å². The maximum absolute atomic E-state index is 12.6. The molecule has 0 aliphatic carbocycles. The van der Waals surface area contributed by atoms with Gasteiger partial charge in [0.15, 0.2) is 0 Å². The molecule has 0 radical (unpaired) electrons. The van der Waals surface area contributed by atoms with Gasteiger partial charge in [-0.15, -0.1) is 0 Å². The van der Waals surface area contributed by atoms with Gasteiger partial charge in [0.1, 0.15) is 0 Å². The number of amides is 1. The Kier molecular flexibility index (Phi) is 6.60. The van der Waals surface area contributed by atoms with Gasteiger partial charge in [-0.05, 0) is 36.6 Å². The summed E-state index contributed by atoms with van der Waals surface area (Å²) in [4.78, 5) is 23.3. The Hall–Kier alpha value is -2.83. The molecule has 0 aliphatic heterocycles. The summed E-state index contributed by atoms with van der Waals surface area (Å²) >= 11 is 0. The van der Waals surface area contributed by atoms with Crippen molar-refractivity contribution in [2.75, 3.05) is 0 Å². The number of alkyl halides is 3. The van der Waals surface area contributed by atoms with Crippen LogP contribution in [0.25, 0.3) is 0 Å². The molecule has 2 rings (SSSR count). The van der Waals surface area contributed by atoms with Crippen LogP contribution in [0.1, 0.15) is 28.7 Å². The molecule has 0 heterocycles. The highest BCUT2D eigenvalue weighted by Crippen LogP contribution is 2.29. The summed E-state index contributed by atoms with van der Waals surface area (Å²) in [5.74, 6) is -1.43. The molecule has 2 N–H and O–H groups in total. The second-order valence-electron chi connectivity index (χ2n) is 6.43. The molecule has 0 saturated heterocycles. The first-order valence-electron chi connectivity index (χ1n) is 8.36. The average molecular weight is 379 g/mol. The molecular formula is C20H20F3NO3. The van der Waals surface area contributed by atoms with E-state index in [9.17, 15) is 22.8 Å². The van der Waals surface area contributed by atoms with E-state index in [1.807, 2.05) is 25.1 Å². The number of benzene rings is 2. The molecule has 2 aromatic rings. The topological polar surface area (TPSA) is 66.4 Å². The second-order valence-corrected chi connectivity index (χ2v) is 6.43. The zero-order chi connectivity index (χ0) is 20.0. The van der Waals surface area contributed by atoms with Gasteiger partial charge in [0.05, 0.1) is 18.4 Å². The highest BCUT2D eigenvalue weighted by molar-refractivity contribution is 5.79. The summed E-state index contributed by atoms with van der Waals surface area (Å²) in [5, 5.41) is 11.7. The van der Waals surface area contributed by atoms with Crippen molar-refractivity contribution in [1.29, 1.82) is 0 Å². The standard InChI is InChI=1S/C20H20F3NO3/c1-13-3-2-4-15(9-13)11-18(25)24-17(12-19(26)27)10-14-5-7-16(8-6-14)20(21,22)23/h2-9,17H,10-12H2,1H3,(H,24,25)(H,26,27)/t17-/m0/s1. The molecule has 0 unspecified atom stereocenters. The Morgan fingerprint density at radius 3 is 2.30 bits per heavy atom. The van der Waals surface area contributed by atoms with Crippen molar-refractivity contribution in [1.82, 2.24) is 5.32 Å². The lowest BCUT2D eigenvalue weighted by molar-refractivity contribution is -0.138. The third-order valence-electron chi connectivity index (χ3n) is 4.00. The van der Waals surface area contributed by atoms with Crippen LogP contribution in [0, 0.1) is 6.92 Å². The largest absolute Gasteiger partial charge is 0.481 e. The summed E-state index contributed by atoms with van der Waals surface area (Å²) in [6, 6.07) is 11.2. The Morgan fingerprint density at radius 1 is 1.07 bits per heavy atom. The predicted octanol–water partition coefficient (Wildman–Crippen LogP) is 3.76. The minimum atomic E-state index is -4.43. The number of rotatable bonds is 7. The number of halogens is 3. The number of hydrogen-bond donors (Lipinski definition) is 2. The Morgan fingerprint density at radius 2 is 1.74 bits per heavy atom. The SMILES string of the molecule is Cc1cccc(CC(=O)N[C@H](CC(=O)O)Cc2ccc(C(F)(F)F)cc2)c1. The maximum Gasteiger partial charge on any atom is 0.416 e. The van der Waals surface area contributed by atoms with E-state index in [1.54, 1.807) is 6.07 Å². The van der Waals surface area contributed by atoms with Crippen LogP contribution < -0.4 is 5.32 Å². The predicted molar refractivity (Wildman–Crippen MR) is 94.2 cm³/mol. The third kappa shape index (κ3) is 6.77. The van der Waals surface area contributed by atoms with Crippen molar-refractivity contribution in [3.05, 3.63) is 70.8 Å². The minimum absolute atomic E-state index is 0.102. The van der Waals surface area contributed by atoms with Crippen molar-refractivity contribution in [2.24, 2.45) is 0 Å². The molecule has 0 aromatic heterocycles. The quantitative estimate of drug-likeness (QED) is 0.770. The number of carboxylic acid groups (broad SMARTS) is 1. The fourth-order valence-electron chi connectivity index (χ4n) is 2.79. The number of aliphatic carboxylic acids is 1. The lowest BCUT2D eigenvalue weighted by Crippen LogP contribution is -2.39. The van der Waals surface area contributed by atoms with Gasteiger partial charge in [-0.25, -0.2) is 0 Å². The number of carboxylic acids is 1. The van der Waals surface area contributed by atoms with Gasteiger partial charge in [-0.1, -0.05) is 42.0 Å². The zero-order valence-electron chi connectivity index (χ0n) is 14.7. The first kappa shape index (κ1) is 20.5. The number of carbonyl (C=O) groups is 2. The Balaban J connectivity index is 2.04. The van der Waals surface area contributed by atoms with E-state index in [0.29, 0.717) is 5.56 Å². The van der Waals surface area contributed by atoms with Crippen LogP contribution in [0.4, 0.5) is 13.2 Å². The molecule has 4 nitrogen and oxygen atoms in total. The van der Waals surface area contributed by atoms with Gasteiger partial charge < -0.3 is 10.4 Å². The molecule has 1 atom stereocenters. The summed E-state index contributed by atoms with van der Waals surface area (Å²) < 4.78 is 37.9. The lowest BCUT2D eigenvalue weighted by Gasteiger charge is -2.18. The van der Waals surface area contributed by atoms with E-state index >= 15 is 0 Å². The molecule has 27 heavy (non-hydrogen) atoms. The van der Waals surface area contributed by atoms with E-state index in [4.69, 9.17) is 5.11 Å². The Labute approximate surface area is 155 Å². The van der Waals surface area contributed by atoms with E-state index < -0.39 is 23.8 Å². The van der Waals surface area contributed by atoms with Gasteiger partial charge in [-0.2, -0.15) is 13.2 Å².